The van der Waals surface area contributed by atoms with Crippen molar-refractivity contribution in [2.24, 2.45) is 12.5 Å². The first-order chi connectivity index (χ1) is 15.8. The number of imidazole rings is 1. The van der Waals surface area contributed by atoms with Gasteiger partial charge in [0.2, 0.25) is 0 Å². The topological polar surface area (TPSA) is 67.0 Å². The number of rotatable bonds is 7. The van der Waals surface area contributed by atoms with E-state index in [1.807, 2.05) is 6.07 Å². The molecule has 3 atom stereocenters. The van der Waals surface area contributed by atoms with Crippen LogP contribution in [0.3, 0.4) is 0 Å². The number of nitrogens with zero attached hydrogens (tertiary/aromatic N) is 3. The van der Waals surface area contributed by atoms with Gasteiger partial charge in [0.25, 0.3) is 10.0 Å². The summed E-state index contributed by atoms with van der Waals surface area (Å²) in [7, 11) is 0.308. The smallest absolute Gasteiger partial charge is 0.259 e. The summed E-state index contributed by atoms with van der Waals surface area (Å²) < 4.78 is 43.0. The van der Waals surface area contributed by atoms with Crippen molar-refractivity contribution in [3.05, 3.63) is 83.1 Å². The molecule has 0 radical (unpaired) electrons. The van der Waals surface area contributed by atoms with Crippen LogP contribution in [0.4, 0.5) is 4.39 Å². The summed E-state index contributed by atoms with van der Waals surface area (Å²) in [5.74, 6) is 0.178. The van der Waals surface area contributed by atoms with Crippen molar-refractivity contribution in [1.29, 1.82) is 0 Å². The highest BCUT2D eigenvalue weighted by Crippen LogP contribution is 2.76. The number of benzene rings is 2. The predicted octanol–water partition coefficient (Wildman–Crippen LogP) is 2.65. The Bertz CT molecular complexity index is 1340. The van der Waals surface area contributed by atoms with Crippen LogP contribution in [-0.2, 0) is 36.3 Å². The Balaban J connectivity index is 1.21. The Hall–Kier alpha value is -2.55. The van der Waals surface area contributed by atoms with Gasteiger partial charge < -0.3 is 4.57 Å². The summed E-state index contributed by atoms with van der Waals surface area (Å²) in [5.41, 5.74) is 5.17. The molecule has 1 aliphatic heterocycles. The number of fused-ring (bicyclic) bond motifs is 4. The highest BCUT2D eigenvalue weighted by molar-refractivity contribution is 7.89. The number of aryl methyl sites for hydroxylation is 1. The van der Waals surface area contributed by atoms with Gasteiger partial charge >= 0.3 is 0 Å². The first kappa shape index (κ1) is 21.0. The second-order valence-electron chi connectivity index (χ2n) is 9.79. The molecular weight excluding hydrogens is 439 g/mol. The number of hydrogen-bond donors (Lipinski definition) is 1. The van der Waals surface area contributed by atoms with E-state index in [0.717, 1.165) is 24.0 Å². The third kappa shape index (κ3) is 3.34. The summed E-state index contributed by atoms with van der Waals surface area (Å²) in [5, 5.41) is 0.0353. The monoisotopic (exact) mass is 466 g/mol. The van der Waals surface area contributed by atoms with Gasteiger partial charge in [-0.25, -0.2) is 22.5 Å². The van der Waals surface area contributed by atoms with Crippen LogP contribution in [0.15, 0.2) is 60.0 Å². The summed E-state index contributed by atoms with van der Waals surface area (Å²) >= 11 is 0. The molecule has 6 rings (SSSR count). The fraction of sp³-hybridized carbons (Fsp3) is 0.400. The van der Waals surface area contributed by atoms with E-state index >= 15 is 0 Å². The Morgan fingerprint density at radius 2 is 1.97 bits per heavy atom. The largest absolute Gasteiger partial charge is 0.339 e. The van der Waals surface area contributed by atoms with E-state index in [0.29, 0.717) is 31.0 Å². The molecule has 33 heavy (non-hydrogen) atoms. The maximum Gasteiger partial charge on any atom is 0.259 e. The van der Waals surface area contributed by atoms with Crippen molar-refractivity contribution >= 4 is 10.0 Å². The first-order valence-corrected chi connectivity index (χ1v) is 12.8. The molecule has 1 saturated carbocycles. The molecule has 8 heteroatoms. The van der Waals surface area contributed by atoms with E-state index in [4.69, 9.17) is 0 Å². The zero-order chi connectivity index (χ0) is 23.0. The van der Waals surface area contributed by atoms with Gasteiger partial charge in [0.1, 0.15) is 5.82 Å². The third-order valence-electron chi connectivity index (χ3n) is 7.80. The van der Waals surface area contributed by atoms with Crippen molar-refractivity contribution in [3.8, 4) is 0 Å². The third-order valence-corrected chi connectivity index (χ3v) is 9.15. The van der Waals surface area contributed by atoms with Gasteiger partial charge in [-0.3, -0.25) is 4.90 Å². The van der Waals surface area contributed by atoms with Crippen LogP contribution in [-0.4, -0.2) is 48.5 Å². The van der Waals surface area contributed by atoms with Crippen molar-refractivity contribution in [2.45, 2.75) is 42.3 Å². The highest BCUT2D eigenvalue weighted by Gasteiger charge is 2.84. The summed E-state index contributed by atoms with van der Waals surface area (Å²) in [4.78, 5) is 6.37. The number of likely N-dealkylation sites (N-methyl/N-ethyl adjacent to an activating group) is 1. The zero-order valence-electron chi connectivity index (χ0n) is 18.7. The average molecular weight is 467 g/mol. The van der Waals surface area contributed by atoms with E-state index in [1.54, 1.807) is 23.7 Å². The van der Waals surface area contributed by atoms with Crippen LogP contribution in [0.1, 0.15) is 28.2 Å². The van der Waals surface area contributed by atoms with Crippen LogP contribution < -0.4 is 4.72 Å². The molecule has 1 saturated heterocycles. The number of nitrogens with one attached hydrogen (secondary N) is 1. The van der Waals surface area contributed by atoms with Crippen LogP contribution in [0.5, 0.6) is 0 Å². The molecule has 2 aromatic carbocycles. The molecule has 1 N–H and O–H groups in total. The van der Waals surface area contributed by atoms with E-state index < -0.39 is 10.0 Å². The number of sulfonamides is 1. The quantitative estimate of drug-likeness (QED) is 0.544. The van der Waals surface area contributed by atoms with Gasteiger partial charge in [-0.15, -0.1) is 0 Å². The normalized spacial score (nSPS) is 29.2. The van der Waals surface area contributed by atoms with E-state index in [2.05, 4.69) is 39.9 Å². The van der Waals surface area contributed by atoms with Crippen LogP contribution in [0.2, 0.25) is 0 Å². The van der Waals surface area contributed by atoms with Gasteiger partial charge in [-0.1, -0.05) is 30.3 Å². The molecule has 3 aromatic rings. The first-order valence-electron chi connectivity index (χ1n) is 11.4. The van der Waals surface area contributed by atoms with Gasteiger partial charge in [0.05, 0.1) is 6.33 Å². The minimum absolute atomic E-state index is 0.0353. The fourth-order valence-electron chi connectivity index (χ4n) is 6.21. The van der Waals surface area contributed by atoms with Crippen molar-refractivity contribution in [3.63, 3.8) is 0 Å². The molecule has 2 aliphatic carbocycles. The van der Waals surface area contributed by atoms with Crippen molar-refractivity contribution in [1.82, 2.24) is 19.2 Å². The maximum absolute atomic E-state index is 13.8. The Morgan fingerprint density at radius 3 is 2.67 bits per heavy atom. The number of halogens is 1. The number of hydrogen-bond acceptors (Lipinski definition) is 4. The van der Waals surface area contributed by atoms with E-state index in [9.17, 15) is 12.8 Å². The molecule has 1 aromatic heterocycles. The lowest BCUT2D eigenvalue weighted by Gasteiger charge is -2.29. The SMILES string of the molecule is CN1C2C1C21Cc2ccc(CCNS(=O)(=O)c3cn(C)cn3)cc2C1Cc1cccc(F)c1. The summed E-state index contributed by atoms with van der Waals surface area (Å²) in [6.07, 6.45) is 5.48. The van der Waals surface area contributed by atoms with E-state index in [1.165, 1.54) is 29.7 Å². The molecule has 3 unspecified atom stereocenters. The molecule has 6 nitrogen and oxygen atoms in total. The number of aromatic nitrogens is 2. The molecule has 3 aliphatic rings. The minimum Gasteiger partial charge on any atom is -0.339 e. The van der Waals surface area contributed by atoms with E-state index in [-0.39, 0.29) is 16.3 Å². The average Bonchev–Trinajstić information content (AvgIpc) is 3.52. The predicted molar refractivity (Wildman–Crippen MR) is 123 cm³/mol. The molecule has 172 valence electrons. The lowest BCUT2D eigenvalue weighted by molar-refractivity contribution is 0.226. The molecule has 2 fully saturated rings. The summed E-state index contributed by atoms with van der Waals surface area (Å²) in [6, 6.07) is 14.8. The Kier molecular flexibility index (Phi) is 4.60. The lowest BCUT2D eigenvalue weighted by Crippen LogP contribution is -2.31. The number of likely N-dealkylation sites (tertiary alicyclic amines) is 1. The molecule has 1 spiro atoms. The Labute approximate surface area is 193 Å². The summed E-state index contributed by atoms with van der Waals surface area (Å²) in [6.45, 7) is 0.311. The van der Waals surface area contributed by atoms with Gasteiger partial charge in [0, 0.05) is 37.3 Å². The second kappa shape index (κ2) is 7.22. The zero-order valence-corrected chi connectivity index (χ0v) is 19.5. The standard InChI is InChI=1S/C25H27FN4O2S/c1-29-14-22(27-15-29)33(31,32)28-9-8-16-6-7-18-13-25(23-24(25)30(23)2)21(20(18)11-16)12-17-4-3-5-19(26)10-17/h3-7,10-11,14-15,21,23-24,28H,8-9,12-13H2,1-2H3. The maximum atomic E-state index is 13.8. The van der Waals surface area contributed by atoms with Crippen LogP contribution in [0, 0.1) is 11.2 Å². The minimum atomic E-state index is -3.62. The second-order valence-corrected chi connectivity index (χ2v) is 11.5. The van der Waals surface area contributed by atoms with Crippen molar-refractivity contribution in [2.75, 3.05) is 13.6 Å². The van der Waals surface area contributed by atoms with Crippen molar-refractivity contribution < 1.29 is 12.8 Å². The van der Waals surface area contributed by atoms with Gasteiger partial charge in [-0.2, -0.15) is 0 Å². The molecule has 2 heterocycles. The molecule has 0 amide bonds. The van der Waals surface area contributed by atoms with Crippen LogP contribution in [0.25, 0.3) is 0 Å². The highest BCUT2D eigenvalue weighted by atomic mass is 32.2. The Morgan fingerprint density at radius 1 is 1.15 bits per heavy atom. The van der Waals surface area contributed by atoms with Crippen LogP contribution >= 0.6 is 0 Å². The molecular formula is C25H27FN4O2S. The van der Waals surface area contributed by atoms with Gasteiger partial charge in [0.15, 0.2) is 5.03 Å². The fourth-order valence-corrected chi connectivity index (χ4v) is 7.22. The lowest BCUT2D eigenvalue weighted by atomic mass is 9.81. The van der Waals surface area contributed by atoms with Gasteiger partial charge in [-0.05, 0) is 66.6 Å². The molecule has 0 bridgehead atoms.